The van der Waals surface area contributed by atoms with Gasteiger partial charge in [-0.3, -0.25) is 4.79 Å². The molecule has 2 aromatic heterocycles. The first-order valence-electron chi connectivity index (χ1n) is 7.74. The molecule has 0 aliphatic heterocycles. The van der Waals surface area contributed by atoms with Crippen LogP contribution in [0, 0.1) is 6.92 Å². The van der Waals surface area contributed by atoms with Crippen molar-refractivity contribution >= 4 is 17.2 Å². The molecule has 0 aromatic carbocycles. The van der Waals surface area contributed by atoms with Gasteiger partial charge >= 0.3 is 0 Å². The maximum atomic E-state index is 12.5. The van der Waals surface area contributed by atoms with E-state index < -0.39 is 0 Å². The number of nitrogens with zero attached hydrogens (tertiary/aromatic N) is 3. The number of aryl methyl sites for hydroxylation is 2. The second kappa shape index (κ2) is 6.80. The quantitative estimate of drug-likeness (QED) is 0.840. The maximum Gasteiger partial charge on any atom is 0.275 e. The standard InChI is InChI=1S/C16H21N3O3S/c1-10-17-15-11(5-4-6-14(15)23-10)8-19(2)16(20)13-7-12(9-21-3)22-18-13/h7,11H,4-6,8-9H2,1-3H3/t11-/m0/s1. The van der Waals surface area contributed by atoms with Gasteiger partial charge in [0, 0.05) is 37.6 Å². The summed E-state index contributed by atoms with van der Waals surface area (Å²) in [7, 11) is 3.38. The van der Waals surface area contributed by atoms with E-state index >= 15 is 0 Å². The molecule has 1 amide bonds. The minimum absolute atomic E-state index is 0.129. The summed E-state index contributed by atoms with van der Waals surface area (Å²) >= 11 is 1.78. The van der Waals surface area contributed by atoms with E-state index in [-0.39, 0.29) is 5.91 Å². The molecule has 2 heterocycles. The van der Waals surface area contributed by atoms with Crippen molar-refractivity contribution in [2.45, 2.75) is 38.7 Å². The van der Waals surface area contributed by atoms with Gasteiger partial charge in [0.2, 0.25) is 0 Å². The molecule has 0 saturated carbocycles. The Morgan fingerprint density at radius 1 is 1.57 bits per heavy atom. The SMILES string of the molecule is COCc1cc(C(=O)N(C)C[C@@H]2CCCc3sc(C)nc32)no1. The van der Waals surface area contributed by atoms with Gasteiger partial charge in [-0.1, -0.05) is 5.16 Å². The smallest absolute Gasteiger partial charge is 0.275 e. The highest BCUT2D eigenvalue weighted by Gasteiger charge is 2.27. The molecule has 1 aliphatic carbocycles. The van der Waals surface area contributed by atoms with Crippen molar-refractivity contribution in [2.24, 2.45) is 0 Å². The summed E-state index contributed by atoms with van der Waals surface area (Å²) in [4.78, 5) is 20.3. The Morgan fingerprint density at radius 3 is 3.17 bits per heavy atom. The van der Waals surface area contributed by atoms with Gasteiger partial charge in [0.25, 0.3) is 5.91 Å². The molecule has 0 unspecified atom stereocenters. The van der Waals surface area contributed by atoms with Crippen LogP contribution in [-0.2, 0) is 17.8 Å². The molecular weight excluding hydrogens is 314 g/mol. The van der Waals surface area contributed by atoms with Crippen LogP contribution in [0.1, 0.15) is 50.6 Å². The average Bonchev–Trinajstić information content (AvgIpc) is 3.13. The van der Waals surface area contributed by atoms with Gasteiger partial charge in [0.1, 0.15) is 6.61 Å². The van der Waals surface area contributed by atoms with Crippen LogP contribution in [0.5, 0.6) is 0 Å². The van der Waals surface area contributed by atoms with Gasteiger partial charge in [0.05, 0.1) is 10.7 Å². The van der Waals surface area contributed by atoms with Crippen LogP contribution in [-0.4, -0.2) is 41.6 Å². The molecule has 0 saturated heterocycles. The molecule has 0 N–H and O–H groups in total. The molecule has 0 radical (unpaired) electrons. The molecule has 2 aromatic rings. The molecular formula is C16H21N3O3S. The number of ether oxygens (including phenoxy) is 1. The highest BCUT2D eigenvalue weighted by atomic mass is 32.1. The van der Waals surface area contributed by atoms with Gasteiger partial charge in [-0.2, -0.15) is 0 Å². The van der Waals surface area contributed by atoms with Crippen molar-refractivity contribution in [2.75, 3.05) is 20.7 Å². The lowest BCUT2D eigenvalue weighted by Crippen LogP contribution is -2.32. The van der Waals surface area contributed by atoms with E-state index in [4.69, 9.17) is 9.26 Å². The first-order chi connectivity index (χ1) is 11.1. The fraction of sp³-hybridized carbons (Fsp3) is 0.562. The van der Waals surface area contributed by atoms with Crippen molar-refractivity contribution in [3.63, 3.8) is 0 Å². The average molecular weight is 335 g/mol. The van der Waals surface area contributed by atoms with Crippen LogP contribution >= 0.6 is 11.3 Å². The van der Waals surface area contributed by atoms with Crippen molar-refractivity contribution in [3.8, 4) is 0 Å². The van der Waals surface area contributed by atoms with Crippen molar-refractivity contribution in [1.82, 2.24) is 15.0 Å². The third kappa shape index (κ3) is 3.45. The zero-order valence-corrected chi connectivity index (χ0v) is 14.5. The Labute approximate surface area is 139 Å². The Hall–Kier alpha value is -1.73. The molecule has 124 valence electrons. The molecule has 23 heavy (non-hydrogen) atoms. The Bertz CT molecular complexity index is 695. The highest BCUT2D eigenvalue weighted by molar-refractivity contribution is 7.11. The number of carbonyl (C=O) groups excluding carboxylic acids is 1. The lowest BCUT2D eigenvalue weighted by atomic mass is 9.90. The number of fused-ring (bicyclic) bond motifs is 1. The third-order valence-corrected chi connectivity index (χ3v) is 5.13. The molecule has 6 nitrogen and oxygen atoms in total. The lowest BCUT2D eigenvalue weighted by molar-refractivity contribution is 0.0772. The minimum atomic E-state index is -0.129. The molecule has 1 aliphatic rings. The number of thiazole rings is 1. The number of aromatic nitrogens is 2. The van der Waals surface area contributed by atoms with E-state index in [1.54, 1.807) is 36.5 Å². The monoisotopic (exact) mass is 335 g/mol. The molecule has 3 rings (SSSR count). The maximum absolute atomic E-state index is 12.5. The van der Waals surface area contributed by atoms with E-state index in [1.165, 1.54) is 10.6 Å². The topological polar surface area (TPSA) is 68.5 Å². The van der Waals surface area contributed by atoms with Gasteiger partial charge in [0.15, 0.2) is 11.5 Å². The zero-order chi connectivity index (χ0) is 16.4. The number of rotatable bonds is 5. The number of likely N-dealkylation sites (N-methyl/N-ethyl adjacent to an activating group) is 1. The van der Waals surface area contributed by atoms with Gasteiger partial charge in [-0.05, 0) is 26.2 Å². The fourth-order valence-corrected chi connectivity index (χ4v) is 4.10. The van der Waals surface area contributed by atoms with Gasteiger partial charge < -0.3 is 14.2 Å². The zero-order valence-electron chi connectivity index (χ0n) is 13.7. The van der Waals surface area contributed by atoms with Gasteiger partial charge in [-0.25, -0.2) is 4.98 Å². The normalized spacial score (nSPS) is 17.1. The fourth-order valence-electron chi connectivity index (χ4n) is 3.04. The van der Waals surface area contributed by atoms with Crippen LogP contribution in [0.25, 0.3) is 0 Å². The summed E-state index contributed by atoms with van der Waals surface area (Å²) in [5.41, 5.74) is 1.50. The molecule has 1 atom stereocenters. The molecule has 7 heteroatoms. The van der Waals surface area contributed by atoms with Crippen molar-refractivity contribution < 1.29 is 14.1 Å². The Kier molecular flexibility index (Phi) is 4.77. The highest BCUT2D eigenvalue weighted by Crippen LogP contribution is 2.35. The van der Waals surface area contributed by atoms with E-state index in [0.29, 0.717) is 30.5 Å². The van der Waals surface area contributed by atoms with Crippen LogP contribution in [0.3, 0.4) is 0 Å². The first-order valence-corrected chi connectivity index (χ1v) is 8.56. The van der Waals surface area contributed by atoms with Crippen LogP contribution in [0.4, 0.5) is 0 Å². The van der Waals surface area contributed by atoms with Crippen LogP contribution < -0.4 is 0 Å². The summed E-state index contributed by atoms with van der Waals surface area (Å²) in [6, 6.07) is 1.64. The van der Waals surface area contributed by atoms with Crippen LogP contribution in [0.15, 0.2) is 10.6 Å². The van der Waals surface area contributed by atoms with E-state index in [9.17, 15) is 4.79 Å². The first kappa shape index (κ1) is 16.1. The Morgan fingerprint density at radius 2 is 2.39 bits per heavy atom. The number of hydrogen-bond acceptors (Lipinski definition) is 6. The van der Waals surface area contributed by atoms with Gasteiger partial charge in [-0.15, -0.1) is 11.3 Å². The summed E-state index contributed by atoms with van der Waals surface area (Å²) < 4.78 is 10.1. The predicted molar refractivity (Wildman–Crippen MR) is 86.7 cm³/mol. The summed E-state index contributed by atoms with van der Waals surface area (Å²) in [6.07, 6.45) is 3.34. The predicted octanol–water partition coefficient (Wildman–Crippen LogP) is 2.78. The molecule has 0 bridgehead atoms. The van der Waals surface area contributed by atoms with Crippen molar-refractivity contribution in [1.29, 1.82) is 0 Å². The molecule has 0 fully saturated rings. The number of amides is 1. The Balaban J connectivity index is 1.69. The van der Waals surface area contributed by atoms with Crippen LogP contribution in [0.2, 0.25) is 0 Å². The van der Waals surface area contributed by atoms with Crippen molar-refractivity contribution in [3.05, 3.63) is 33.1 Å². The number of hydrogen-bond donors (Lipinski definition) is 0. The second-order valence-electron chi connectivity index (χ2n) is 5.93. The van der Waals surface area contributed by atoms with E-state index in [0.717, 1.165) is 24.3 Å². The van der Waals surface area contributed by atoms with E-state index in [1.807, 2.05) is 6.92 Å². The second-order valence-corrected chi connectivity index (χ2v) is 7.22. The molecule has 0 spiro atoms. The minimum Gasteiger partial charge on any atom is -0.377 e. The largest absolute Gasteiger partial charge is 0.377 e. The lowest BCUT2D eigenvalue weighted by Gasteiger charge is -2.26. The summed E-state index contributed by atoms with van der Waals surface area (Å²) in [5, 5.41) is 4.95. The number of carbonyl (C=O) groups is 1. The van der Waals surface area contributed by atoms with E-state index in [2.05, 4.69) is 10.1 Å². The third-order valence-electron chi connectivity index (χ3n) is 4.08. The summed E-state index contributed by atoms with van der Waals surface area (Å²) in [5.74, 6) is 0.734. The summed E-state index contributed by atoms with van der Waals surface area (Å²) in [6.45, 7) is 3.01. The number of methoxy groups -OCH3 is 1.